The van der Waals surface area contributed by atoms with E-state index in [2.05, 4.69) is 26.0 Å². The van der Waals surface area contributed by atoms with Crippen molar-refractivity contribution in [1.29, 1.82) is 0 Å². The van der Waals surface area contributed by atoms with Crippen LogP contribution in [0.2, 0.25) is 0 Å². The first-order valence-corrected chi connectivity index (χ1v) is 7.22. The van der Waals surface area contributed by atoms with E-state index in [4.69, 9.17) is 10.5 Å². The molecule has 0 heterocycles. The molecule has 0 radical (unpaired) electrons. The lowest BCUT2D eigenvalue weighted by molar-refractivity contribution is 0.146. The van der Waals surface area contributed by atoms with Crippen molar-refractivity contribution < 1.29 is 9.84 Å². The smallest absolute Gasteiger partial charge is 0.119 e. The molecule has 20 heavy (non-hydrogen) atoms. The number of ether oxygens (including phenoxy) is 1. The number of rotatable bonds is 4. The van der Waals surface area contributed by atoms with Crippen LogP contribution < -0.4 is 10.5 Å². The van der Waals surface area contributed by atoms with Crippen LogP contribution >= 0.6 is 0 Å². The predicted octanol–water partition coefficient (Wildman–Crippen LogP) is 2.49. The van der Waals surface area contributed by atoms with Crippen LogP contribution in [0.3, 0.4) is 0 Å². The molecule has 0 bridgehead atoms. The van der Waals surface area contributed by atoms with Crippen LogP contribution in [0.25, 0.3) is 0 Å². The fraction of sp³-hybridized carbons (Fsp3) is 0.529. The summed E-state index contributed by atoms with van der Waals surface area (Å²) in [4.78, 5) is 0. The number of aliphatic hydroxyl groups excluding tert-OH is 1. The van der Waals surface area contributed by atoms with E-state index in [1.54, 1.807) is 7.11 Å². The Bertz CT molecular complexity index is 498. The van der Waals surface area contributed by atoms with Gasteiger partial charge in [-0.05, 0) is 42.9 Å². The second kappa shape index (κ2) is 5.98. The molecule has 0 saturated carbocycles. The highest BCUT2D eigenvalue weighted by Gasteiger charge is 2.41. The molecule has 0 fully saturated rings. The van der Waals surface area contributed by atoms with E-state index < -0.39 is 0 Å². The molecule has 110 valence electrons. The number of benzene rings is 1. The average Bonchev–Trinajstić information content (AvgIpc) is 2.49. The minimum absolute atomic E-state index is 0.151. The molecule has 3 atom stereocenters. The molecule has 0 spiro atoms. The van der Waals surface area contributed by atoms with Crippen LogP contribution in [0, 0.1) is 11.8 Å². The van der Waals surface area contributed by atoms with Gasteiger partial charge in [-0.2, -0.15) is 0 Å². The molecular weight excluding hydrogens is 250 g/mol. The van der Waals surface area contributed by atoms with E-state index in [1.807, 2.05) is 18.2 Å². The Labute approximate surface area is 121 Å². The van der Waals surface area contributed by atoms with Crippen LogP contribution in [-0.4, -0.2) is 25.4 Å². The summed E-state index contributed by atoms with van der Waals surface area (Å²) >= 11 is 0. The number of methoxy groups -OCH3 is 1. The molecule has 0 saturated heterocycles. The number of allylic oxidation sites excluding steroid dienone is 1. The zero-order valence-electron chi connectivity index (χ0n) is 12.6. The second-order valence-corrected chi connectivity index (χ2v) is 5.88. The van der Waals surface area contributed by atoms with Crippen molar-refractivity contribution in [3.05, 3.63) is 41.5 Å². The lowest BCUT2D eigenvalue weighted by Crippen LogP contribution is -2.45. The third-order valence-corrected chi connectivity index (χ3v) is 4.79. The minimum atomic E-state index is -0.292. The maximum absolute atomic E-state index is 9.83. The van der Waals surface area contributed by atoms with Gasteiger partial charge in [0.05, 0.1) is 7.11 Å². The third-order valence-electron chi connectivity index (χ3n) is 4.79. The highest BCUT2D eigenvalue weighted by molar-refractivity contribution is 5.41. The van der Waals surface area contributed by atoms with Crippen molar-refractivity contribution in [2.75, 3.05) is 20.3 Å². The fourth-order valence-electron chi connectivity index (χ4n) is 3.30. The summed E-state index contributed by atoms with van der Waals surface area (Å²) in [5.41, 5.74) is 8.33. The molecule has 3 unspecified atom stereocenters. The summed E-state index contributed by atoms with van der Waals surface area (Å²) in [7, 11) is 1.67. The van der Waals surface area contributed by atoms with E-state index >= 15 is 0 Å². The van der Waals surface area contributed by atoms with Gasteiger partial charge in [-0.1, -0.05) is 30.7 Å². The summed E-state index contributed by atoms with van der Waals surface area (Å²) in [6.07, 6.45) is 3.23. The Kier molecular flexibility index (Phi) is 4.51. The van der Waals surface area contributed by atoms with Gasteiger partial charge >= 0.3 is 0 Å². The zero-order valence-corrected chi connectivity index (χ0v) is 12.6. The SMILES string of the molecule is COc1cccc(C2(CN)C=C(C)C(C)CC2CO)c1. The largest absolute Gasteiger partial charge is 0.497 e. The van der Waals surface area contributed by atoms with Gasteiger partial charge in [-0.15, -0.1) is 0 Å². The Balaban J connectivity index is 2.55. The maximum Gasteiger partial charge on any atom is 0.119 e. The number of hydrogen-bond donors (Lipinski definition) is 2. The van der Waals surface area contributed by atoms with Crippen LogP contribution in [-0.2, 0) is 5.41 Å². The predicted molar refractivity (Wildman–Crippen MR) is 81.8 cm³/mol. The van der Waals surface area contributed by atoms with Gasteiger partial charge in [0.2, 0.25) is 0 Å². The van der Waals surface area contributed by atoms with Crippen molar-refractivity contribution in [2.45, 2.75) is 25.7 Å². The van der Waals surface area contributed by atoms with E-state index in [0.717, 1.165) is 17.7 Å². The van der Waals surface area contributed by atoms with Gasteiger partial charge in [0.1, 0.15) is 5.75 Å². The summed E-state index contributed by atoms with van der Waals surface area (Å²) in [5, 5.41) is 9.83. The molecule has 1 aliphatic rings. The Hall–Kier alpha value is -1.32. The van der Waals surface area contributed by atoms with Crippen LogP contribution in [0.15, 0.2) is 35.9 Å². The molecule has 3 nitrogen and oxygen atoms in total. The molecular formula is C17H25NO2. The van der Waals surface area contributed by atoms with E-state index in [9.17, 15) is 5.11 Å². The Morgan fingerprint density at radius 2 is 2.20 bits per heavy atom. The van der Waals surface area contributed by atoms with E-state index in [1.165, 1.54) is 5.57 Å². The number of nitrogens with two attached hydrogens (primary N) is 1. The number of aliphatic hydroxyl groups is 1. The third kappa shape index (κ3) is 2.48. The first kappa shape index (κ1) is 15.1. The average molecular weight is 275 g/mol. The molecule has 1 aliphatic carbocycles. The van der Waals surface area contributed by atoms with Gasteiger partial charge < -0.3 is 15.6 Å². The van der Waals surface area contributed by atoms with Crippen molar-refractivity contribution in [2.24, 2.45) is 17.6 Å². The lowest BCUT2D eigenvalue weighted by atomic mass is 9.62. The summed E-state index contributed by atoms with van der Waals surface area (Å²) in [5.74, 6) is 1.48. The fourth-order valence-corrected chi connectivity index (χ4v) is 3.30. The van der Waals surface area contributed by atoms with Crippen molar-refractivity contribution in [1.82, 2.24) is 0 Å². The van der Waals surface area contributed by atoms with Crippen LogP contribution in [0.4, 0.5) is 0 Å². The van der Waals surface area contributed by atoms with E-state index in [-0.39, 0.29) is 17.9 Å². The topological polar surface area (TPSA) is 55.5 Å². The lowest BCUT2D eigenvalue weighted by Gasteiger charge is -2.43. The maximum atomic E-state index is 9.83. The zero-order chi connectivity index (χ0) is 14.8. The highest BCUT2D eigenvalue weighted by Crippen LogP contribution is 2.44. The van der Waals surface area contributed by atoms with Gasteiger partial charge in [0, 0.05) is 18.6 Å². The van der Waals surface area contributed by atoms with Crippen LogP contribution in [0.5, 0.6) is 5.75 Å². The quantitative estimate of drug-likeness (QED) is 0.830. The Morgan fingerprint density at radius 1 is 1.45 bits per heavy atom. The highest BCUT2D eigenvalue weighted by atomic mass is 16.5. The van der Waals surface area contributed by atoms with Gasteiger partial charge in [0.25, 0.3) is 0 Å². The first-order valence-electron chi connectivity index (χ1n) is 7.22. The normalized spacial score (nSPS) is 29.9. The molecule has 3 N–H and O–H groups in total. The molecule has 1 aromatic carbocycles. The van der Waals surface area contributed by atoms with Gasteiger partial charge in [-0.3, -0.25) is 0 Å². The summed E-state index contributed by atoms with van der Waals surface area (Å²) in [6.45, 7) is 5.02. The molecule has 0 aliphatic heterocycles. The standard InChI is InChI=1S/C17H25NO2/c1-12-7-15(10-19)17(11-18,9-13(12)2)14-5-4-6-16(8-14)20-3/h4-6,8-9,12,15,19H,7,10-11,18H2,1-3H3. The van der Waals surface area contributed by atoms with Crippen molar-refractivity contribution >= 4 is 0 Å². The Morgan fingerprint density at radius 3 is 2.80 bits per heavy atom. The molecule has 3 heteroatoms. The van der Waals surface area contributed by atoms with Crippen molar-refractivity contribution in [3.63, 3.8) is 0 Å². The van der Waals surface area contributed by atoms with Gasteiger partial charge in [0.15, 0.2) is 0 Å². The van der Waals surface area contributed by atoms with Crippen LogP contribution in [0.1, 0.15) is 25.8 Å². The number of hydrogen-bond acceptors (Lipinski definition) is 3. The summed E-state index contributed by atoms with van der Waals surface area (Å²) < 4.78 is 5.33. The molecule has 0 amide bonds. The summed E-state index contributed by atoms with van der Waals surface area (Å²) in [6, 6.07) is 8.04. The molecule has 1 aromatic rings. The van der Waals surface area contributed by atoms with Crippen molar-refractivity contribution in [3.8, 4) is 5.75 Å². The molecule has 0 aromatic heterocycles. The van der Waals surface area contributed by atoms with E-state index in [0.29, 0.717) is 12.5 Å². The second-order valence-electron chi connectivity index (χ2n) is 5.88. The molecule has 2 rings (SSSR count). The minimum Gasteiger partial charge on any atom is -0.497 e. The first-order chi connectivity index (χ1) is 9.57. The monoisotopic (exact) mass is 275 g/mol. The van der Waals surface area contributed by atoms with Gasteiger partial charge in [-0.25, -0.2) is 0 Å².